The van der Waals surface area contributed by atoms with Crippen molar-refractivity contribution in [2.75, 3.05) is 19.8 Å². The number of ether oxygens (including phenoxy) is 4. The Kier molecular flexibility index (Phi) is 5.51. The number of hydrogen-bond donors (Lipinski definition) is 0. The third-order valence-electron chi connectivity index (χ3n) is 3.67. The van der Waals surface area contributed by atoms with Crippen molar-refractivity contribution in [3.05, 3.63) is 60.2 Å². The first-order valence-electron chi connectivity index (χ1n) is 7.99. The van der Waals surface area contributed by atoms with Crippen LogP contribution in [0.5, 0.6) is 11.5 Å². The highest BCUT2D eigenvalue weighted by Gasteiger charge is 2.21. The quantitative estimate of drug-likeness (QED) is 0.756. The van der Waals surface area contributed by atoms with E-state index in [1.165, 1.54) is 0 Å². The molecular formula is C19H22O4. The number of para-hydroxylation sites is 1. The minimum absolute atomic E-state index is 0.236. The molecule has 0 bridgehead atoms. The average Bonchev–Trinajstić information content (AvgIpc) is 2.60. The van der Waals surface area contributed by atoms with E-state index in [-0.39, 0.29) is 12.4 Å². The third-order valence-corrected chi connectivity index (χ3v) is 3.67. The van der Waals surface area contributed by atoms with Crippen LogP contribution in [0.1, 0.15) is 25.2 Å². The summed E-state index contributed by atoms with van der Waals surface area (Å²) in [6, 6.07) is 17.6. The van der Waals surface area contributed by atoms with Gasteiger partial charge in [-0.25, -0.2) is 0 Å². The van der Waals surface area contributed by atoms with Gasteiger partial charge in [0.05, 0.1) is 12.7 Å². The van der Waals surface area contributed by atoms with Crippen LogP contribution < -0.4 is 9.47 Å². The SMILES string of the molecule is CC1CCOC(c2ccc(OCCOc3ccccc3)cc2)O1. The fraction of sp³-hybridized carbons (Fsp3) is 0.368. The van der Waals surface area contributed by atoms with Crippen molar-refractivity contribution in [3.8, 4) is 11.5 Å². The maximum atomic E-state index is 5.78. The predicted molar refractivity (Wildman–Crippen MR) is 87.7 cm³/mol. The van der Waals surface area contributed by atoms with Gasteiger partial charge < -0.3 is 18.9 Å². The van der Waals surface area contributed by atoms with Crippen LogP contribution in [0.3, 0.4) is 0 Å². The molecule has 4 nitrogen and oxygen atoms in total. The zero-order valence-corrected chi connectivity index (χ0v) is 13.3. The molecule has 2 aromatic carbocycles. The second-order valence-corrected chi connectivity index (χ2v) is 5.52. The third kappa shape index (κ3) is 4.71. The largest absolute Gasteiger partial charge is 0.490 e. The second-order valence-electron chi connectivity index (χ2n) is 5.52. The van der Waals surface area contributed by atoms with Crippen LogP contribution in [-0.4, -0.2) is 25.9 Å². The molecule has 1 saturated heterocycles. The van der Waals surface area contributed by atoms with Crippen molar-refractivity contribution in [2.24, 2.45) is 0 Å². The summed E-state index contributed by atoms with van der Waals surface area (Å²) in [6.45, 7) is 3.82. The molecule has 0 spiro atoms. The van der Waals surface area contributed by atoms with E-state index >= 15 is 0 Å². The van der Waals surface area contributed by atoms with Crippen LogP contribution in [-0.2, 0) is 9.47 Å². The molecule has 0 radical (unpaired) electrons. The zero-order chi connectivity index (χ0) is 15.9. The first kappa shape index (κ1) is 15.8. The molecule has 4 heteroatoms. The van der Waals surface area contributed by atoms with E-state index in [0.717, 1.165) is 30.1 Å². The summed E-state index contributed by atoms with van der Waals surface area (Å²) >= 11 is 0. The van der Waals surface area contributed by atoms with Gasteiger partial charge in [-0.1, -0.05) is 30.3 Å². The van der Waals surface area contributed by atoms with Crippen LogP contribution in [0, 0.1) is 0 Å². The summed E-state index contributed by atoms with van der Waals surface area (Å²) < 4.78 is 22.7. The van der Waals surface area contributed by atoms with E-state index in [1.54, 1.807) is 0 Å². The number of rotatable bonds is 6. The Morgan fingerprint density at radius 1 is 0.913 bits per heavy atom. The molecule has 0 saturated carbocycles. The van der Waals surface area contributed by atoms with E-state index in [2.05, 4.69) is 6.92 Å². The summed E-state index contributed by atoms with van der Waals surface area (Å²) in [5, 5.41) is 0. The highest BCUT2D eigenvalue weighted by Crippen LogP contribution is 2.27. The van der Waals surface area contributed by atoms with Crippen molar-refractivity contribution in [1.82, 2.24) is 0 Å². The lowest BCUT2D eigenvalue weighted by Gasteiger charge is -2.28. The summed E-state index contributed by atoms with van der Waals surface area (Å²) in [4.78, 5) is 0. The highest BCUT2D eigenvalue weighted by molar-refractivity contribution is 5.28. The van der Waals surface area contributed by atoms with Crippen molar-refractivity contribution in [3.63, 3.8) is 0 Å². The standard InChI is InChI=1S/C19H22O4/c1-15-11-12-22-19(23-15)16-7-9-18(10-8-16)21-14-13-20-17-5-3-2-4-6-17/h2-10,15,19H,11-14H2,1H3. The Morgan fingerprint density at radius 3 is 2.22 bits per heavy atom. The van der Waals surface area contributed by atoms with E-state index < -0.39 is 0 Å². The molecule has 1 aliphatic rings. The topological polar surface area (TPSA) is 36.9 Å². The lowest BCUT2D eigenvalue weighted by molar-refractivity contribution is -0.212. The molecule has 0 aliphatic carbocycles. The molecule has 122 valence electrons. The van der Waals surface area contributed by atoms with Gasteiger partial charge in [-0.2, -0.15) is 0 Å². The van der Waals surface area contributed by atoms with E-state index in [1.807, 2.05) is 54.6 Å². The van der Waals surface area contributed by atoms with Crippen LogP contribution >= 0.6 is 0 Å². The minimum atomic E-state index is -0.269. The lowest BCUT2D eigenvalue weighted by atomic mass is 10.2. The molecule has 0 N–H and O–H groups in total. The maximum Gasteiger partial charge on any atom is 0.184 e. The molecular weight excluding hydrogens is 292 g/mol. The van der Waals surface area contributed by atoms with Crippen LogP contribution in [0.4, 0.5) is 0 Å². The Bertz CT molecular complexity index is 582. The van der Waals surface area contributed by atoms with Gasteiger partial charge in [0.1, 0.15) is 24.7 Å². The molecule has 0 aromatic heterocycles. The Balaban J connectivity index is 1.44. The van der Waals surface area contributed by atoms with Gasteiger partial charge in [-0.15, -0.1) is 0 Å². The van der Waals surface area contributed by atoms with Gasteiger partial charge in [-0.05, 0) is 37.6 Å². The van der Waals surface area contributed by atoms with Crippen molar-refractivity contribution in [1.29, 1.82) is 0 Å². The Morgan fingerprint density at radius 2 is 1.57 bits per heavy atom. The fourth-order valence-corrected chi connectivity index (χ4v) is 2.39. The number of hydrogen-bond acceptors (Lipinski definition) is 4. The Labute approximate surface area is 136 Å². The predicted octanol–water partition coefficient (Wildman–Crippen LogP) is 3.97. The van der Waals surface area contributed by atoms with E-state index in [0.29, 0.717) is 13.2 Å². The van der Waals surface area contributed by atoms with Crippen LogP contribution in [0.25, 0.3) is 0 Å². The summed E-state index contributed by atoms with van der Waals surface area (Å²) in [5.41, 5.74) is 1.02. The monoisotopic (exact) mass is 314 g/mol. The molecule has 0 amide bonds. The fourth-order valence-electron chi connectivity index (χ4n) is 2.39. The van der Waals surface area contributed by atoms with Gasteiger partial charge in [0.25, 0.3) is 0 Å². The first-order valence-corrected chi connectivity index (χ1v) is 7.99. The highest BCUT2D eigenvalue weighted by atomic mass is 16.7. The molecule has 1 fully saturated rings. The lowest BCUT2D eigenvalue weighted by Crippen LogP contribution is -2.24. The second kappa shape index (κ2) is 7.99. The molecule has 23 heavy (non-hydrogen) atoms. The van der Waals surface area contributed by atoms with Gasteiger partial charge >= 0.3 is 0 Å². The van der Waals surface area contributed by atoms with Gasteiger partial charge in [0.15, 0.2) is 6.29 Å². The number of benzene rings is 2. The van der Waals surface area contributed by atoms with E-state index in [9.17, 15) is 0 Å². The molecule has 3 rings (SSSR count). The molecule has 2 aromatic rings. The molecule has 1 aliphatic heterocycles. The van der Waals surface area contributed by atoms with Crippen LogP contribution in [0.15, 0.2) is 54.6 Å². The summed E-state index contributed by atoms with van der Waals surface area (Å²) in [7, 11) is 0. The normalized spacial score (nSPS) is 20.9. The minimum Gasteiger partial charge on any atom is -0.490 e. The van der Waals surface area contributed by atoms with E-state index in [4.69, 9.17) is 18.9 Å². The molecule has 2 unspecified atom stereocenters. The summed E-state index contributed by atoms with van der Waals surface area (Å²) in [5.74, 6) is 1.67. The molecule has 1 heterocycles. The van der Waals surface area contributed by atoms with Gasteiger partial charge in [0, 0.05) is 5.56 Å². The van der Waals surface area contributed by atoms with Gasteiger partial charge in [0.2, 0.25) is 0 Å². The van der Waals surface area contributed by atoms with Crippen molar-refractivity contribution >= 4 is 0 Å². The Hall–Kier alpha value is -2.04. The van der Waals surface area contributed by atoms with Crippen LogP contribution in [0.2, 0.25) is 0 Å². The van der Waals surface area contributed by atoms with Crippen molar-refractivity contribution < 1.29 is 18.9 Å². The first-order chi connectivity index (χ1) is 11.3. The van der Waals surface area contributed by atoms with Gasteiger partial charge in [-0.3, -0.25) is 0 Å². The maximum absolute atomic E-state index is 5.78. The average molecular weight is 314 g/mol. The smallest absolute Gasteiger partial charge is 0.184 e. The molecule has 2 atom stereocenters. The van der Waals surface area contributed by atoms with Crippen molar-refractivity contribution in [2.45, 2.75) is 25.7 Å². The zero-order valence-electron chi connectivity index (χ0n) is 13.3. The summed E-state index contributed by atoms with van der Waals surface area (Å²) in [6.07, 6.45) is 0.910.